The predicted molar refractivity (Wildman–Crippen MR) is 368 cm³/mol. The van der Waals surface area contributed by atoms with Crippen LogP contribution in [0.5, 0.6) is 0 Å². The van der Waals surface area contributed by atoms with Crippen LogP contribution < -0.4 is 70.0 Å². The second-order valence-electron chi connectivity index (χ2n) is 27.1. The van der Waals surface area contributed by atoms with Crippen LogP contribution in [0.2, 0.25) is 0 Å². The van der Waals surface area contributed by atoms with E-state index in [4.69, 9.17) is 35.8 Å². The quantitative estimate of drug-likeness (QED) is 0.0165. The number of hydrogen-bond donors (Lipinski definition) is 23. The van der Waals surface area contributed by atoms with Crippen molar-refractivity contribution >= 4 is 88.6 Å². The fourth-order valence-electron chi connectivity index (χ4n) is 12.5. The van der Waals surface area contributed by atoms with E-state index in [0.717, 1.165) is 32.6 Å². The van der Waals surface area contributed by atoms with Gasteiger partial charge >= 0.3 is 5.97 Å². The van der Waals surface area contributed by atoms with Crippen LogP contribution in [0.25, 0.3) is 0 Å². The average Bonchev–Trinajstić information content (AvgIpc) is 1.00. The summed E-state index contributed by atoms with van der Waals surface area (Å²) in [6.07, 6.45) is -15.8. The summed E-state index contributed by atoms with van der Waals surface area (Å²) < 4.78 is 23.7. The zero-order chi connectivity index (χ0) is 80.7. The number of carbonyl (C=O) groups is 14. The number of aromatic nitrogens is 2. The van der Waals surface area contributed by atoms with E-state index < -0.39 is 255 Å². The van der Waals surface area contributed by atoms with Gasteiger partial charge in [-0.15, -0.1) is 0 Å². The van der Waals surface area contributed by atoms with Crippen LogP contribution in [0.15, 0.2) is 12.5 Å². The lowest BCUT2D eigenvalue weighted by Gasteiger charge is -2.45. The number of nitrogens with zero attached hydrogens (tertiary/aromatic N) is 3. The molecule has 0 bridgehead atoms. The summed E-state index contributed by atoms with van der Waals surface area (Å²) in [5.74, 6) is -15.2. The summed E-state index contributed by atoms with van der Waals surface area (Å²) in [4.78, 5) is 199. The van der Waals surface area contributed by atoms with Crippen molar-refractivity contribution in [3.8, 4) is 0 Å². The topological polar surface area (TPSA) is 681 Å². The highest BCUT2D eigenvalue weighted by atomic mass is 16.7. The van der Waals surface area contributed by atoms with Gasteiger partial charge in [-0.05, 0) is 72.1 Å². The number of nitrogens with one attached hydrogen (secondary N) is 13. The zero-order valence-electron chi connectivity index (χ0n) is 61.0. The molecule has 4 fully saturated rings. The van der Waals surface area contributed by atoms with Crippen molar-refractivity contribution < 1.29 is 127 Å². The number of aliphatic carboxylic acids is 1. The maximum atomic E-state index is 15.1. The summed E-state index contributed by atoms with van der Waals surface area (Å²) >= 11 is 0. The van der Waals surface area contributed by atoms with E-state index in [-0.39, 0.29) is 63.9 Å². The monoisotopic (exact) mass is 1540 g/mol. The first kappa shape index (κ1) is 89.4. The number of aliphatic hydroxyl groups is 7. The second kappa shape index (κ2) is 41.9. The molecule has 5 rings (SSSR count). The standard InChI is InChI=1S/C64H104N18O26/c1-26(2)44(78-42(89)21-70-53(96)34(65)18-33-20-68-25-71-33)57(100)79-45(29(5)86)58(101)77-37(22-83)55(98)72-27(3)60(103)82-17-11-14-39(82)56(99)76-36(19-43(90)91)54(97)80-46(59(102)75-35(12-9-15-69-64(66)67)61(104)81-16-10-13-38(81)28(4)85)30(6)106-63-48(74-32(8)88)52(95)50(93)41(108-63)24-105-62-47(73-31(7)87)51(94)49(92)40(23-84)107-62/h20,25-27,29-30,34-41,44-52,62-63,83-84,86,92-95H,9-19,21-24,65H2,1-8H3,(H,68,71)(H,70,96)(H,72,98)(H,73,87)(H,74,88)(H,75,102)(H,76,99)(H,77,101)(H,78,89)(H,79,100)(H,80,97)(H,90,91)(H4,66,67,69)/t27-,29?,30?,34-,35-,36-,37-,38-,39-,40?,41?,44-,45-,46-,47?,48?,49+,50-,51?,52+,62+,63-/m0/s1. The van der Waals surface area contributed by atoms with Gasteiger partial charge in [0.25, 0.3) is 0 Å². The van der Waals surface area contributed by atoms with Crippen LogP contribution in [0, 0.1) is 11.3 Å². The number of carboxylic acids is 1. The van der Waals surface area contributed by atoms with Crippen LogP contribution in [-0.2, 0) is 92.5 Å². The minimum atomic E-state index is -2.14. The van der Waals surface area contributed by atoms with Gasteiger partial charge in [0, 0.05) is 51.8 Å². The van der Waals surface area contributed by atoms with Gasteiger partial charge in [-0.1, -0.05) is 13.8 Å². The molecule has 5 heterocycles. The number of likely N-dealkylation sites (tertiary alicyclic amines) is 2. The largest absolute Gasteiger partial charge is 0.481 e. The van der Waals surface area contributed by atoms with Gasteiger partial charge < -0.3 is 145 Å². The third-order valence-corrected chi connectivity index (χ3v) is 18.2. The first-order chi connectivity index (χ1) is 50.8. The molecule has 4 aliphatic rings. The number of guanidine groups is 1. The number of aliphatic hydroxyl groups excluding tert-OH is 7. The molecule has 0 saturated carbocycles. The number of H-pyrrole nitrogens is 1. The van der Waals surface area contributed by atoms with Crippen molar-refractivity contribution in [2.75, 3.05) is 46.0 Å². The van der Waals surface area contributed by atoms with Gasteiger partial charge in [-0.2, -0.15) is 0 Å². The van der Waals surface area contributed by atoms with Crippen molar-refractivity contribution in [3.05, 3.63) is 18.2 Å². The third-order valence-electron chi connectivity index (χ3n) is 18.2. The molecule has 4 aliphatic heterocycles. The van der Waals surface area contributed by atoms with Gasteiger partial charge in [-0.3, -0.25) is 72.5 Å². The Morgan fingerprint density at radius 3 is 1.78 bits per heavy atom. The number of hydrogen-bond acceptors (Lipinski definition) is 28. The number of rotatable bonds is 39. The van der Waals surface area contributed by atoms with Gasteiger partial charge in [0.15, 0.2) is 24.3 Å². The third kappa shape index (κ3) is 25.4. The number of aromatic amines is 1. The summed E-state index contributed by atoms with van der Waals surface area (Å²) in [6.45, 7) is 6.32. The molecule has 0 radical (unpaired) electrons. The van der Waals surface area contributed by atoms with E-state index in [2.05, 4.69) is 68.5 Å². The number of Topliss-reactive ketones (excluding diaryl/α,β-unsaturated/α-hetero) is 1. The molecule has 44 heteroatoms. The number of amides is 12. The fourth-order valence-corrected chi connectivity index (χ4v) is 12.5. The molecule has 0 aromatic carbocycles. The zero-order valence-corrected chi connectivity index (χ0v) is 61.0. The van der Waals surface area contributed by atoms with Crippen molar-refractivity contribution in [3.63, 3.8) is 0 Å². The SMILES string of the molecule is CC(=O)NC1C(O)[C@H](O)C(CO)O[C@H]1OCC1O[C@H](OC(C)[C@H](NC(=O)[C@H](CC(=O)O)NC(=O)[C@@H]2CCCN2C(=O)[C@H](C)NC(=O)[C@H](CO)NC(=O)[C@@H](NC(=O)[C@@H](NC(=O)CNC(=O)[C@@H](N)Cc2cnc[nH]2)C(C)C)C(C)O)C(=O)N[C@@H](CCCNC(=N)N)C(=O)N2CCC[C@H]2C(C)=O)C(NC(C)=O)[C@@H](O)[C@H]1O. The molecule has 4 saturated heterocycles. The maximum absolute atomic E-state index is 15.1. The van der Waals surface area contributed by atoms with E-state index in [0.29, 0.717) is 12.1 Å². The van der Waals surface area contributed by atoms with E-state index in [1.807, 2.05) is 0 Å². The Morgan fingerprint density at radius 2 is 1.22 bits per heavy atom. The molecule has 108 heavy (non-hydrogen) atoms. The first-order valence-corrected chi connectivity index (χ1v) is 35.1. The highest BCUT2D eigenvalue weighted by Crippen LogP contribution is 2.29. The summed E-state index contributed by atoms with van der Waals surface area (Å²) in [7, 11) is 0. The predicted octanol–water partition coefficient (Wildman–Crippen LogP) is -11.5. The lowest BCUT2D eigenvalue weighted by atomic mass is 9.96. The molecule has 606 valence electrons. The summed E-state index contributed by atoms with van der Waals surface area (Å²) in [5, 5.41) is 119. The van der Waals surface area contributed by atoms with Crippen LogP contribution in [0.3, 0.4) is 0 Å². The molecule has 1 aromatic heterocycles. The highest BCUT2D eigenvalue weighted by Gasteiger charge is 2.51. The van der Waals surface area contributed by atoms with Crippen LogP contribution in [-0.4, -0.2) is 329 Å². The van der Waals surface area contributed by atoms with Gasteiger partial charge in [-0.25, -0.2) is 4.98 Å². The molecular weight excluding hydrogens is 1440 g/mol. The van der Waals surface area contributed by atoms with Crippen molar-refractivity contribution in [2.45, 2.75) is 241 Å². The lowest BCUT2D eigenvalue weighted by Crippen LogP contribution is -2.67. The molecule has 0 spiro atoms. The van der Waals surface area contributed by atoms with E-state index in [1.165, 1.54) is 45.1 Å². The summed E-state index contributed by atoms with van der Waals surface area (Å²) in [6, 6.07) is -19.2. The molecule has 0 aliphatic carbocycles. The Hall–Kier alpha value is -9.22. The maximum Gasteiger partial charge on any atom is 0.305 e. The number of nitrogens with two attached hydrogens (primary N) is 2. The molecule has 12 amide bonds. The van der Waals surface area contributed by atoms with Crippen LogP contribution >= 0.6 is 0 Å². The Morgan fingerprint density at radius 1 is 0.667 bits per heavy atom. The van der Waals surface area contributed by atoms with Gasteiger partial charge in [0.05, 0.1) is 63.4 Å². The van der Waals surface area contributed by atoms with Crippen molar-refractivity contribution in [1.82, 2.24) is 78.3 Å². The molecule has 7 unspecified atom stereocenters. The highest BCUT2D eigenvalue weighted by molar-refractivity contribution is 6.00. The minimum absolute atomic E-state index is 0.0165. The number of ether oxygens (including phenoxy) is 4. The minimum Gasteiger partial charge on any atom is -0.481 e. The van der Waals surface area contributed by atoms with Crippen molar-refractivity contribution in [1.29, 1.82) is 5.41 Å². The first-order valence-electron chi connectivity index (χ1n) is 35.1. The number of ketones is 1. The van der Waals surface area contributed by atoms with E-state index >= 15 is 4.79 Å². The fraction of sp³-hybridized carbons (Fsp3) is 0.719. The summed E-state index contributed by atoms with van der Waals surface area (Å²) in [5.41, 5.74) is 12.0. The molecule has 44 nitrogen and oxygen atoms in total. The van der Waals surface area contributed by atoms with Gasteiger partial charge in [0.1, 0.15) is 97.0 Å². The molecule has 22 atom stereocenters. The second-order valence-corrected chi connectivity index (χ2v) is 27.1. The van der Waals surface area contributed by atoms with E-state index in [9.17, 15) is 103 Å². The average molecular weight is 1540 g/mol. The van der Waals surface area contributed by atoms with E-state index in [1.54, 1.807) is 0 Å². The van der Waals surface area contributed by atoms with Crippen molar-refractivity contribution in [2.24, 2.45) is 17.4 Å². The number of imidazole rings is 1. The Bertz CT molecular complexity index is 3320. The Balaban J connectivity index is 1.36. The smallest absolute Gasteiger partial charge is 0.305 e. The lowest BCUT2D eigenvalue weighted by molar-refractivity contribution is -0.308. The Labute approximate surface area is 619 Å². The Kier molecular flexibility index (Phi) is 34.7. The number of carbonyl (C=O) groups excluding carboxylic acids is 13. The molecular formula is C64H104N18O26. The normalized spacial score (nSPS) is 25.5. The van der Waals surface area contributed by atoms with Crippen LogP contribution in [0.4, 0.5) is 0 Å². The van der Waals surface area contributed by atoms with Crippen LogP contribution in [0.1, 0.15) is 106 Å². The molecule has 25 N–H and O–H groups in total. The number of carboxylic acid groups (broad SMARTS) is 1. The molecule has 1 aromatic rings. The van der Waals surface area contributed by atoms with Gasteiger partial charge in [0.2, 0.25) is 70.9 Å².